The molecule has 0 aliphatic heterocycles. The maximum Gasteiger partial charge on any atom is 0.359 e. The first-order valence-electron chi connectivity index (χ1n) is 9.31. The standard InChI is InChI=1S/C22H18ClN5O3/c1-14-10-18(13-24-12-14)28-21(29)26-20(25-16-6-8-19(31-2)9-7-16)27(22(28)30)17-5-3-4-15(23)11-17/h3-13H,1-2H3,(H,25,26,29). The van der Waals surface area contributed by atoms with Gasteiger partial charge in [-0.3, -0.25) is 4.98 Å². The Morgan fingerprint density at radius 1 is 0.968 bits per heavy atom. The zero-order chi connectivity index (χ0) is 22.0. The van der Waals surface area contributed by atoms with Crippen LogP contribution in [0.2, 0.25) is 5.02 Å². The van der Waals surface area contributed by atoms with Crippen molar-refractivity contribution in [3.05, 3.63) is 98.5 Å². The van der Waals surface area contributed by atoms with Gasteiger partial charge < -0.3 is 10.1 Å². The average molecular weight is 436 g/mol. The Morgan fingerprint density at radius 3 is 2.42 bits per heavy atom. The molecule has 4 rings (SSSR count). The molecule has 0 fully saturated rings. The van der Waals surface area contributed by atoms with E-state index in [2.05, 4.69) is 15.3 Å². The number of halogens is 1. The predicted octanol–water partition coefficient (Wildman–Crippen LogP) is 3.49. The molecule has 2 aromatic heterocycles. The molecule has 0 aliphatic carbocycles. The summed E-state index contributed by atoms with van der Waals surface area (Å²) in [6.45, 7) is 1.82. The minimum absolute atomic E-state index is 0.0549. The van der Waals surface area contributed by atoms with Crippen molar-refractivity contribution >= 4 is 23.2 Å². The highest BCUT2D eigenvalue weighted by Crippen LogP contribution is 2.21. The van der Waals surface area contributed by atoms with E-state index in [1.165, 1.54) is 10.8 Å². The Hall–Kier alpha value is -3.91. The van der Waals surface area contributed by atoms with Crippen LogP contribution in [0.5, 0.6) is 5.75 Å². The molecule has 0 saturated carbocycles. The number of aromatic nitrogens is 4. The number of nitrogens with zero attached hydrogens (tertiary/aromatic N) is 4. The lowest BCUT2D eigenvalue weighted by Gasteiger charge is -2.16. The summed E-state index contributed by atoms with van der Waals surface area (Å²) in [5.41, 5.74) is 0.874. The number of hydrogen-bond donors (Lipinski definition) is 1. The Morgan fingerprint density at radius 2 is 1.74 bits per heavy atom. The number of hydrogen-bond acceptors (Lipinski definition) is 6. The number of pyridine rings is 1. The molecule has 0 radical (unpaired) electrons. The monoisotopic (exact) mass is 435 g/mol. The van der Waals surface area contributed by atoms with Crippen molar-refractivity contribution in [2.24, 2.45) is 0 Å². The number of nitrogens with one attached hydrogen (secondary N) is 1. The van der Waals surface area contributed by atoms with Gasteiger partial charge in [0.05, 0.1) is 24.7 Å². The van der Waals surface area contributed by atoms with Gasteiger partial charge in [0.15, 0.2) is 0 Å². The first-order valence-corrected chi connectivity index (χ1v) is 9.69. The van der Waals surface area contributed by atoms with Crippen LogP contribution in [-0.4, -0.2) is 26.2 Å². The smallest absolute Gasteiger partial charge is 0.359 e. The van der Waals surface area contributed by atoms with Crippen LogP contribution in [0.4, 0.5) is 11.6 Å². The van der Waals surface area contributed by atoms with Gasteiger partial charge in [-0.25, -0.2) is 18.7 Å². The number of aryl methyl sites for hydroxylation is 1. The minimum atomic E-state index is -0.730. The number of benzene rings is 2. The van der Waals surface area contributed by atoms with Crippen LogP contribution in [0, 0.1) is 6.92 Å². The lowest BCUT2D eigenvalue weighted by atomic mass is 10.3. The van der Waals surface area contributed by atoms with Gasteiger partial charge in [0.25, 0.3) is 0 Å². The van der Waals surface area contributed by atoms with E-state index in [-0.39, 0.29) is 5.95 Å². The van der Waals surface area contributed by atoms with Crippen LogP contribution in [0.1, 0.15) is 5.56 Å². The molecule has 0 amide bonds. The largest absolute Gasteiger partial charge is 0.497 e. The molecule has 9 heteroatoms. The molecule has 31 heavy (non-hydrogen) atoms. The normalized spacial score (nSPS) is 10.7. The maximum atomic E-state index is 13.5. The third-order valence-corrected chi connectivity index (χ3v) is 4.75. The molecule has 0 spiro atoms. The molecule has 0 aliphatic rings. The minimum Gasteiger partial charge on any atom is -0.497 e. The third-order valence-electron chi connectivity index (χ3n) is 4.52. The molecular formula is C22H18ClN5O3. The number of ether oxygens (including phenoxy) is 1. The summed E-state index contributed by atoms with van der Waals surface area (Å²) in [5.74, 6) is 0.729. The third kappa shape index (κ3) is 4.19. The molecular weight excluding hydrogens is 418 g/mol. The van der Waals surface area contributed by atoms with E-state index in [0.717, 1.165) is 10.1 Å². The van der Waals surface area contributed by atoms with Crippen LogP contribution in [-0.2, 0) is 0 Å². The van der Waals surface area contributed by atoms with Crippen LogP contribution < -0.4 is 21.4 Å². The van der Waals surface area contributed by atoms with Crippen LogP contribution in [0.15, 0.2) is 76.6 Å². The van der Waals surface area contributed by atoms with Gasteiger partial charge in [-0.05, 0) is 61.0 Å². The van der Waals surface area contributed by atoms with Crippen LogP contribution in [0.3, 0.4) is 0 Å². The summed E-state index contributed by atoms with van der Waals surface area (Å²) >= 11 is 6.15. The second-order valence-electron chi connectivity index (χ2n) is 6.73. The Labute approximate surface area is 182 Å². The van der Waals surface area contributed by atoms with E-state index < -0.39 is 11.4 Å². The van der Waals surface area contributed by atoms with Crippen LogP contribution >= 0.6 is 11.6 Å². The highest BCUT2D eigenvalue weighted by Gasteiger charge is 2.17. The lowest BCUT2D eigenvalue weighted by Crippen LogP contribution is -2.41. The lowest BCUT2D eigenvalue weighted by molar-refractivity contribution is 0.415. The summed E-state index contributed by atoms with van der Waals surface area (Å²) in [6, 6.07) is 15.4. The zero-order valence-electron chi connectivity index (χ0n) is 16.7. The van der Waals surface area contributed by atoms with Crippen molar-refractivity contribution in [2.75, 3.05) is 12.4 Å². The second-order valence-corrected chi connectivity index (χ2v) is 7.16. The quantitative estimate of drug-likeness (QED) is 0.516. The highest BCUT2D eigenvalue weighted by atomic mass is 35.5. The van der Waals surface area contributed by atoms with Gasteiger partial charge in [-0.15, -0.1) is 0 Å². The highest BCUT2D eigenvalue weighted by molar-refractivity contribution is 6.30. The van der Waals surface area contributed by atoms with Crippen molar-refractivity contribution in [1.29, 1.82) is 0 Å². The molecule has 0 saturated heterocycles. The molecule has 2 heterocycles. The van der Waals surface area contributed by atoms with Crippen LogP contribution in [0.25, 0.3) is 11.4 Å². The van der Waals surface area contributed by atoms with Crippen molar-refractivity contribution in [2.45, 2.75) is 6.92 Å². The Kier molecular flexibility index (Phi) is 5.55. The fourth-order valence-electron chi connectivity index (χ4n) is 3.08. The summed E-state index contributed by atoms with van der Waals surface area (Å²) in [5, 5.41) is 3.48. The Balaban J connectivity index is 1.94. The SMILES string of the molecule is COc1ccc(Nc2nc(=O)n(-c3cncc(C)c3)c(=O)n2-c2cccc(Cl)c2)cc1. The van der Waals surface area contributed by atoms with E-state index >= 15 is 0 Å². The summed E-state index contributed by atoms with van der Waals surface area (Å²) in [4.78, 5) is 34.5. The first-order chi connectivity index (χ1) is 15.0. The van der Waals surface area contributed by atoms with Gasteiger partial charge in [-0.1, -0.05) is 17.7 Å². The molecule has 2 aromatic carbocycles. The van der Waals surface area contributed by atoms with E-state index in [9.17, 15) is 9.59 Å². The van der Waals surface area contributed by atoms with Crippen molar-refractivity contribution in [3.8, 4) is 17.1 Å². The molecule has 0 unspecified atom stereocenters. The summed E-state index contributed by atoms with van der Waals surface area (Å²) in [7, 11) is 1.57. The fourth-order valence-corrected chi connectivity index (χ4v) is 3.26. The molecule has 0 atom stereocenters. The van der Waals surface area contributed by atoms with Crippen molar-refractivity contribution in [1.82, 2.24) is 19.1 Å². The van der Waals surface area contributed by atoms with Gasteiger partial charge in [0.2, 0.25) is 5.95 Å². The van der Waals surface area contributed by atoms with E-state index in [0.29, 0.717) is 27.8 Å². The fraction of sp³-hybridized carbons (Fsp3) is 0.0909. The second kappa shape index (κ2) is 8.45. The van der Waals surface area contributed by atoms with E-state index in [1.54, 1.807) is 67.9 Å². The maximum absolute atomic E-state index is 13.5. The van der Waals surface area contributed by atoms with E-state index in [4.69, 9.17) is 16.3 Å². The predicted molar refractivity (Wildman–Crippen MR) is 119 cm³/mol. The van der Waals surface area contributed by atoms with Crippen molar-refractivity contribution < 1.29 is 4.74 Å². The Bertz CT molecular complexity index is 1360. The number of methoxy groups -OCH3 is 1. The molecule has 0 bridgehead atoms. The topological polar surface area (TPSA) is 91.0 Å². The van der Waals surface area contributed by atoms with Crippen molar-refractivity contribution in [3.63, 3.8) is 0 Å². The zero-order valence-corrected chi connectivity index (χ0v) is 17.5. The average Bonchev–Trinajstić information content (AvgIpc) is 2.74. The number of rotatable bonds is 5. The number of anilines is 2. The first kappa shape index (κ1) is 20.4. The summed E-state index contributed by atoms with van der Waals surface area (Å²) in [6.07, 6.45) is 3.08. The summed E-state index contributed by atoms with van der Waals surface area (Å²) < 4.78 is 7.43. The molecule has 156 valence electrons. The molecule has 1 N–H and O–H groups in total. The van der Waals surface area contributed by atoms with E-state index in [1.807, 2.05) is 6.92 Å². The van der Waals surface area contributed by atoms with Gasteiger partial charge in [-0.2, -0.15) is 4.98 Å². The molecule has 8 nitrogen and oxygen atoms in total. The van der Waals surface area contributed by atoms with Gasteiger partial charge >= 0.3 is 11.4 Å². The van der Waals surface area contributed by atoms with Gasteiger partial charge in [0.1, 0.15) is 5.75 Å². The van der Waals surface area contributed by atoms with Gasteiger partial charge in [0, 0.05) is 16.9 Å². The molecule has 4 aromatic rings.